The summed E-state index contributed by atoms with van der Waals surface area (Å²) in [5.74, 6) is 1.40. The van der Waals surface area contributed by atoms with E-state index in [4.69, 9.17) is 11.6 Å². The summed E-state index contributed by atoms with van der Waals surface area (Å²) in [6, 6.07) is 5.33. The molecule has 0 spiro atoms. The van der Waals surface area contributed by atoms with Gasteiger partial charge in [-0.25, -0.2) is 4.98 Å². The zero-order valence-electron chi connectivity index (χ0n) is 14.9. The van der Waals surface area contributed by atoms with Gasteiger partial charge in [0.25, 0.3) is 5.91 Å². The number of rotatable bonds is 3. The van der Waals surface area contributed by atoms with Crippen molar-refractivity contribution < 1.29 is 4.79 Å². The summed E-state index contributed by atoms with van der Waals surface area (Å²) in [6.07, 6.45) is 7.35. The number of aromatic nitrogens is 5. The third-order valence-electron chi connectivity index (χ3n) is 4.59. The minimum absolute atomic E-state index is 0.258. The monoisotopic (exact) mass is 382 g/mol. The average molecular weight is 383 g/mol. The number of carbonyl (C=O) groups excluding carboxylic acids is 1. The van der Waals surface area contributed by atoms with Crippen LogP contribution < -0.4 is 5.32 Å². The molecule has 8 heteroatoms. The lowest BCUT2D eigenvalue weighted by atomic mass is 10.1. The maximum atomic E-state index is 12.4. The summed E-state index contributed by atoms with van der Waals surface area (Å²) in [5.41, 5.74) is 2.39. The highest BCUT2D eigenvalue weighted by Gasteiger charge is 2.19. The van der Waals surface area contributed by atoms with E-state index in [-0.39, 0.29) is 11.6 Å². The summed E-state index contributed by atoms with van der Waals surface area (Å²) in [7, 11) is 0. The van der Waals surface area contributed by atoms with Crippen LogP contribution in [0.15, 0.2) is 30.6 Å². The third-order valence-corrected chi connectivity index (χ3v) is 4.92. The summed E-state index contributed by atoms with van der Waals surface area (Å²) < 4.78 is 2.13. The minimum atomic E-state index is -0.323. The molecule has 0 atom stereocenters. The Hall–Kier alpha value is -2.80. The smallest absolute Gasteiger partial charge is 0.275 e. The molecule has 1 N–H and O–H groups in total. The molecule has 138 valence electrons. The number of benzene rings is 1. The second-order valence-electron chi connectivity index (χ2n) is 6.59. The summed E-state index contributed by atoms with van der Waals surface area (Å²) in [6.45, 7) is 2.70. The largest absolute Gasteiger partial charge is 0.321 e. The van der Waals surface area contributed by atoms with E-state index in [1.807, 2.05) is 13.0 Å². The maximum Gasteiger partial charge on any atom is 0.275 e. The lowest BCUT2D eigenvalue weighted by Gasteiger charge is -2.11. The molecule has 7 nitrogen and oxygen atoms in total. The number of aryl methyl sites for hydroxylation is 2. The Morgan fingerprint density at radius 3 is 2.85 bits per heavy atom. The van der Waals surface area contributed by atoms with Gasteiger partial charge < -0.3 is 9.88 Å². The number of amides is 1. The molecule has 0 radical (unpaired) electrons. The van der Waals surface area contributed by atoms with E-state index in [2.05, 4.69) is 30.0 Å². The number of hydrogen-bond acceptors (Lipinski definition) is 5. The standard InChI is InChI=1S/C19H19ClN6O/c1-12-10-22-16(11-21-12)19(27)23-13-6-7-15(20)14(9-13)18-25-24-17-5-3-2-4-8-26(17)18/h6-7,9-11H,2-5,8H2,1H3,(H,23,27). The van der Waals surface area contributed by atoms with Crippen LogP contribution in [0.5, 0.6) is 0 Å². The fourth-order valence-electron chi connectivity index (χ4n) is 3.16. The van der Waals surface area contributed by atoms with Crippen LogP contribution in [0.4, 0.5) is 5.69 Å². The van der Waals surface area contributed by atoms with E-state index >= 15 is 0 Å². The van der Waals surface area contributed by atoms with Crippen LogP contribution in [0.25, 0.3) is 11.4 Å². The van der Waals surface area contributed by atoms with Crippen molar-refractivity contribution in [2.24, 2.45) is 0 Å². The molecule has 0 unspecified atom stereocenters. The summed E-state index contributed by atoms with van der Waals surface area (Å²) in [5, 5.41) is 12.1. The highest BCUT2D eigenvalue weighted by molar-refractivity contribution is 6.33. The van der Waals surface area contributed by atoms with Gasteiger partial charge in [-0.1, -0.05) is 18.0 Å². The summed E-state index contributed by atoms with van der Waals surface area (Å²) >= 11 is 6.43. The topological polar surface area (TPSA) is 85.6 Å². The van der Waals surface area contributed by atoms with E-state index in [1.165, 1.54) is 12.6 Å². The Bertz CT molecular complexity index is 982. The Morgan fingerprint density at radius 1 is 1.15 bits per heavy atom. The second kappa shape index (κ2) is 7.44. The van der Waals surface area contributed by atoms with Crippen LogP contribution in [0.2, 0.25) is 5.02 Å². The number of carbonyl (C=O) groups is 1. The lowest BCUT2D eigenvalue weighted by molar-refractivity contribution is 0.102. The Morgan fingerprint density at radius 2 is 2.04 bits per heavy atom. The molecule has 4 rings (SSSR count). The number of nitrogens with one attached hydrogen (secondary N) is 1. The van der Waals surface area contributed by atoms with Gasteiger partial charge in [0.05, 0.1) is 16.9 Å². The van der Waals surface area contributed by atoms with Gasteiger partial charge in [0.2, 0.25) is 0 Å². The van der Waals surface area contributed by atoms with Crippen molar-refractivity contribution in [1.82, 2.24) is 24.7 Å². The van der Waals surface area contributed by atoms with Crippen LogP contribution in [0.3, 0.4) is 0 Å². The molecule has 0 aliphatic carbocycles. The van der Waals surface area contributed by atoms with Crippen molar-refractivity contribution in [2.75, 3.05) is 5.32 Å². The molecule has 2 aromatic heterocycles. The van der Waals surface area contributed by atoms with Crippen molar-refractivity contribution in [3.63, 3.8) is 0 Å². The normalized spacial score (nSPS) is 13.7. The Kier molecular flexibility index (Phi) is 4.85. The van der Waals surface area contributed by atoms with Crippen molar-refractivity contribution in [1.29, 1.82) is 0 Å². The van der Waals surface area contributed by atoms with E-state index in [0.29, 0.717) is 10.7 Å². The molecule has 1 aliphatic heterocycles. The Labute approximate surface area is 161 Å². The zero-order valence-corrected chi connectivity index (χ0v) is 15.7. The van der Waals surface area contributed by atoms with Gasteiger partial charge in [0.15, 0.2) is 5.82 Å². The molecule has 27 heavy (non-hydrogen) atoms. The molecule has 0 fully saturated rings. The van der Waals surface area contributed by atoms with Gasteiger partial charge in [-0.2, -0.15) is 0 Å². The average Bonchev–Trinajstić information content (AvgIpc) is 2.91. The highest BCUT2D eigenvalue weighted by Crippen LogP contribution is 2.31. The van der Waals surface area contributed by atoms with Gasteiger partial charge in [-0.3, -0.25) is 9.78 Å². The Balaban J connectivity index is 1.63. The lowest BCUT2D eigenvalue weighted by Crippen LogP contribution is -2.14. The van der Waals surface area contributed by atoms with E-state index in [0.717, 1.165) is 48.7 Å². The first-order valence-electron chi connectivity index (χ1n) is 8.94. The molecule has 1 amide bonds. The van der Waals surface area contributed by atoms with Crippen molar-refractivity contribution >= 4 is 23.2 Å². The molecule has 0 saturated heterocycles. The van der Waals surface area contributed by atoms with E-state index < -0.39 is 0 Å². The van der Waals surface area contributed by atoms with Gasteiger partial charge in [-0.15, -0.1) is 10.2 Å². The van der Waals surface area contributed by atoms with Gasteiger partial charge in [0.1, 0.15) is 11.5 Å². The number of fused-ring (bicyclic) bond motifs is 1. The third kappa shape index (κ3) is 3.68. The fraction of sp³-hybridized carbons (Fsp3) is 0.316. The number of nitrogens with zero attached hydrogens (tertiary/aromatic N) is 5. The van der Waals surface area contributed by atoms with E-state index in [9.17, 15) is 4.79 Å². The maximum absolute atomic E-state index is 12.4. The molecular formula is C19H19ClN6O. The molecule has 3 aromatic rings. The first kappa shape index (κ1) is 17.6. The predicted octanol–water partition coefficient (Wildman–Crippen LogP) is 3.68. The van der Waals surface area contributed by atoms with Crippen LogP contribution in [0, 0.1) is 6.92 Å². The van der Waals surface area contributed by atoms with Gasteiger partial charge in [0, 0.05) is 30.4 Å². The molecule has 1 aliphatic rings. The predicted molar refractivity (Wildman–Crippen MR) is 103 cm³/mol. The van der Waals surface area contributed by atoms with Crippen LogP contribution in [-0.2, 0) is 13.0 Å². The van der Waals surface area contributed by atoms with Crippen molar-refractivity contribution in [2.45, 2.75) is 39.2 Å². The van der Waals surface area contributed by atoms with Crippen molar-refractivity contribution in [3.8, 4) is 11.4 Å². The first-order chi connectivity index (χ1) is 13.1. The molecular weight excluding hydrogens is 364 g/mol. The van der Waals surface area contributed by atoms with Gasteiger partial charge in [-0.05, 0) is 38.0 Å². The molecule has 0 saturated carbocycles. The minimum Gasteiger partial charge on any atom is -0.321 e. The SMILES string of the molecule is Cc1cnc(C(=O)Nc2ccc(Cl)c(-c3nnc4n3CCCCC4)c2)cn1. The first-order valence-corrected chi connectivity index (χ1v) is 9.31. The number of halogens is 1. The number of hydrogen-bond donors (Lipinski definition) is 1. The number of anilines is 1. The second-order valence-corrected chi connectivity index (χ2v) is 7.00. The van der Waals surface area contributed by atoms with Crippen LogP contribution >= 0.6 is 11.6 Å². The van der Waals surface area contributed by atoms with Crippen LogP contribution in [0.1, 0.15) is 41.3 Å². The quantitative estimate of drug-likeness (QED) is 0.746. The van der Waals surface area contributed by atoms with Gasteiger partial charge >= 0.3 is 0 Å². The van der Waals surface area contributed by atoms with E-state index in [1.54, 1.807) is 18.3 Å². The highest BCUT2D eigenvalue weighted by atomic mass is 35.5. The summed E-state index contributed by atoms with van der Waals surface area (Å²) in [4.78, 5) is 20.6. The fourth-order valence-corrected chi connectivity index (χ4v) is 3.37. The molecule has 1 aromatic carbocycles. The van der Waals surface area contributed by atoms with Crippen LogP contribution in [-0.4, -0.2) is 30.6 Å². The molecule has 0 bridgehead atoms. The molecule has 3 heterocycles. The zero-order chi connectivity index (χ0) is 18.8. The van der Waals surface area contributed by atoms with Crippen molar-refractivity contribution in [3.05, 3.63) is 52.8 Å².